The average molecular weight is 1100 g/mol. The van der Waals surface area contributed by atoms with E-state index < -0.39 is 12.1 Å². The molecule has 78 heavy (non-hydrogen) atoms. The van der Waals surface area contributed by atoms with E-state index >= 15 is 0 Å². The molecule has 6 nitrogen and oxygen atoms in total. The molecule has 3 N–H and O–H groups in total. The van der Waals surface area contributed by atoms with Crippen LogP contribution in [-0.4, -0.2) is 47.4 Å². The van der Waals surface area contributed by atoms with E-state index in [2.05, 4.69) is 31.3 Å². The lowest BCUT2D eigenvalue weighted by Crippen LogP contribution is -2.45. The summed E-state index contributed by atoms with van der Waals surface area (Å²) in [5.41, 5.74) is 0. The van der Waals surface area contributed by atoms with Crippen LogP contribution in [0.15, 0.2) is 12.2 Å². The molecule has 0 saturated carbocycles. The number of esters is 1. The number of nitrogens with one attached hydrogen (secondary N) is 1. The number of allylic oxidation sites excluding steroid dienone is 2. The van der Waals surface area contributed by atoms with Crippen LogP contribution in [0.1, 0.15) is 412 Å². The lowest BCUT2D eigenvalue weighted by atomic mass is 10.0. The molecule has 0 radical (unpaired) electrons. The maximum Gasteiger partial charge on any atom is 0.305 e. The largest absolute Gasteiger partial charge is 0.466 e. The van der Waals surface area contributed by atoms with Gasteiger partial charge in [-0.3, -0.25) is 9.59 Å². The van der Waals surface area contributed by atoms with Gasteiger partial charge in [-0.25, -0.2) is 0 Å². The Morgan fingerprint density at radius 3 is 0.910 bits per heavy atom. The van der Waals surface area contributed by atoms with Crippen molar-refractivity contribution in [3.63, 3.8) is 0 Å². The molecule has 0 aliphatic rings. The first-order valence-electron chi connectivity index (χ1n) is 35.9. The van der Waals surface area contributed by atoms with Gasteiger partial charge in [0, 0.05) is 12.8 Å². The Labute approximate surface area is 489 Å². The zero-order valence-electron chi connectivity index (χ0n) is 53.2. The summed E-state index contributed by atoms with van der Waals surface area (Å²) in [5.74, 6) is -0.0147. The summed E-state index contributed by atoms with van der Waals surface area (Å²) < 4.78 is 5.49. The van der Waals surface area contributed by atoms with E-state index in [1.54, 1.807) is 0 Å². The number of hydrogen-bond acceptors (Lipinski definition) is 5. The molecular weight excluding hydrogens is 959 g/mol. The van der Waals surface area contributed by atoms with Crippen molar-refractivity contribution in [1.82, 2.24) is 5.32 Å². The molecule has 0 saturated heterocycles. The molecule has 0 aromatic rings. The molecule has 0 heterocycles. The van der Waals surface area contributed by atoms with Gasteiger partial charge in [0.2, 0.25) is 5.91 Å². The van der Waals surface area contributed by atoms with Crippen LogP contribution in [0.3, 0.4) is 0 Å². The van der Waals surface area contributed by atoms with Gasteiger partial charge in [-0.1, -0.05) is 360 Å². The molecule has 6 heteroatoms. The number of amides is 1. The Morgan fingerprint density at radius 1 is 0.346 bits per heavy atom. The van der Waals surface area contributed by atoms with Gasteiger partial charge in [0.1, 0.15) is 0 Å². The molecule has 2 unspecified atom stereocenters. The summed E-state index contributed by atoms with van der Waals surface area (Å²) in [7, 11) is 0. The molecule has 0 aliphatic heterocycles. The van der Waals surface area contributed by atoms with Crippen molar-refractivity contribution >= 4 is 11.9 Å². The summed E-state index contributed by atoms with van der Waals surface area (Å²) >= 11 is 0. The van der Waals surface area contributed by atoms with Crippen molar-refractivity contribution in [2.75, 3.05) is 13.2 Å². The molecule has 0 bridgehead atoms. The fourth-order valence-corrected chi connectivity index (χ4v) is 11.6. The van der Waals surface area contributed by atoms with Crippen molar-refractivity contribution in [2.45, 2.75) is 424 Å². The summed E-state index contributed by atoms with van der Waals surface area (Å²) in [5, 5.41) is 23.4. The van der Waals surface area contributed by atoms with Gasteiger partial charge in [0.25, 0.3) is 0 Å². The maximum absolute atomic E-state index is 12.5. The highest BCUT2D eigenvalue weighted by molar-refractivity contribution is 5.76. The Balaban J connectivity index is 3.38. The Hall–Kier alpha value is -1.40. The Morgan fingerprint density at radius 2 is 0.603 bits per heavy atom. The van der Waals surface area contributed by atoms with Gasteiger partial charge in [-0.05, 0) is 51.4 Å². The van der Waals surface area contributed by atoms with E-state index in [4.69, 9.17) is 4.74 Å². The number of carbonyl (C=O) groups is 2. The summed E-state index contributed by atoms with van der Waals surface area (Å²) in [6, 6.07) is -0.543. The standard InChI is InChI=1S/C72H141NO5/c1-3-5-7-9-11-13-15-17-18-19-20-21-28-31-34-37-41-44-48-52-56-60-64-70(75)69(68-74)73-71(76)65-61-57-53-49-45-42-38-35-32-29-26-24-22-23-25-27-30-33-36-39-43-47-51-55-59-63-67-78-72(77)66-62-58-54-50-46-40-16-14-12-10-8-6-4-2/h22,24,69-70,74-75H,3-21,23,25-68H2,1-2H3,(H,73,76)/b24-22-. The lowest BCUT2D eigenvalue weighted by Gasteiger charge is -2.22. The zero-order chi connectivity index (χ0) is 56.4. The predicted octanol–water partition coefficient (Wildman–Crippen LogP) is 23.1. The van der Waals surface area contributed by atoms with Gasteiger partial charge >= 0.3 is 5.97 Å². The molecule has 0 aromatic heterocycles. The number of carbonyl (C=O) groups excluding carboxylic acids is 2. The smallest absolute Gasteiger partial charge is 0.305 e. The second kappa shape index (κ2) is 68.1. The molecule has 2 atom stereocenters. The van der Waals surface area contributed by atoms with Gasteiger partial charge in [0.15, 0.2) is 0 Å². The third kappa shape index (κ3) is 63.8. The van der Waals surface area contributed by atoms with Gasteiger partial charge in [-0.2, -0.15) is 0 Å². The normalized spacial score (nSPS) is 12.5. The fraction of sp³-hybridized carbons (Fsp3) is 0.944. The Bertz CT molecular complexity index is 1180. The predicted molar refractivity (Wildman–Crippen MR) is 343 cm³/mol. The SMILES string of the molecule is CCCCCCCCCCCCCCCCCCCCCCCCC(O)C(CO)NC(=O)CCCCCCCCCCCC/C=C\CCCCCCCCCCCCCCOC(=O)CCCCCCCCCCCCCCC. The third-order valence-electron chi connectivity index (χ3n) is 17.1. The number of unbranched alkanes of at least 4 members (excludes halogenated alkanes) is 55. The minimum atomic E-state index is -0.666. The van der Waals surface area contributed by atoms with Crippen molar-refractivity contribution in [3.8, 4) is 0 Å². The first-order chi connectivity index (χ1) is 38.5. The van der Waals surface area contributed by atoms with E-state index in [-0.39, 0.29) is 18.5 Å². The zero-order valence-corrected chi connectivity index (χ0v) is 53.2. The minimum Gasteiger partial charge on any atom is -0.466 e. The number of hydrogen-bond donors (Lipinski definition) is 3. The number of rotatable bonds is 68. The molecule has 0 aromatic carbocycles. The maximum atomic E-state index is 12.5. The number of aliphatic hydroxyl groups is 2. The van der Waals surface area contributed by atoms with Crippen LogP contribution in [0.25, 0.3) is 0 Å². The fourth-order valence-electron chi connectivity index (χ4n) is 11.6. The van der Waals surface area contributed by atoms with E-state index in [1.807, 2.05) is 0 Å². The van der Waals surface area contributed by atoms with Crippen molar-refractivity contribution < 1.29 is 24.5 Å². The summed E-state index contributed by atoms with van der Waals surface area (Å²) in [4.78, 5) is 24.6. The van der Waals surface area contributed by atoms with Crippen molar-refractivity contribution in [2.24, 2.45) is 0 Å². The number of ether oxygens (including phenoxy) is 1. The monoisotopic (exact) mass is 1100 g/mol. The van der Waals surface area contributed by atoms with Crippen molar-refractivity contribution in [3.05, 3.63) is 12.2 Å². The molecular formula is C72H141NO5. The minimum absolute atomic E-state index is 0.0170. The second-order valence-corrected chi connectivity index (χ2v) is 24.9. The van der Waals surface area contributed by atoms with Crippen LogP contribution >= 0.6 is 0 Å². The van der Waals surface area contributed by atoms with Crippen molar-refractivity contribution in [1.29, 1.82) is 0 Å². The topological polar surface area (TPSA) is 95.9 Å². The van der Waals surface area contributed by atoms with Crippen LogP contribution in [0, 0.1) is 0 Å². The highest BCUT2D eigenvalue weighted by atomic mass is 16.5. The molecule has 0 rings (SSSR count). The molecule has 1 amide bonds. The molecule has 0 spiro atoms. The van der Waals surface area contributed by atoms with Gasteiger partial charge in [0.05, 0.1) is 25.4 Å². The first kappa shape index (κ1) is 76.6. The number of aliphatic hydroxyl groups excluding tert-OH is 2. The molecule has 464 valence electrons. The first-order valence-corrected chi connectivity index (χ1v) is 35.9. The highest BCUT2D eigenvalue weighted by Gasteiger charge is 2.20. The quantitative estimate of drug-likeness (QED) is 0.0320. The Kier molecular flexibility index (Phi) is 66.9. The molecule has 0 fully saturated rings. The van der Waals surface area contributed by atoms with Crippen LogP contribution in [0.4, 0.5) is 0 Å². The van der Waals surface area contributed by atoms with Crippen LogP contribution in [-0.2, 0) is 14.3 Å². The van der Waals surface area contributed by atoms with Gasteiger partial charge < -0.3 is 20.3 Å². The van der Waals surface area contributed by atoms with Crippen LogP contribution < -0.4 is 5.32 Å². The highest BCUT2D eigenvalue weighted by Crippen LogP contribution is 2.19. The summed E-state index contributed by atoms with van der Waals surface area (Å²) in [6.07, 6.45) is 84.0. The van der Waals surface area contributed by atoms with E-state index in [1.165, 1.54) is 340 Å². The van der Waals surface area contributed by atoms with E-state index in [0.717, 1.165) is 38.5 Å². The van der Waals surface area contributed by atoms with E-state index in [0.29, 0.717) is 25.9 Å². The van der Waals surface area contributed by atoms with Crippen LogP contribution in [0.2, 0.25) is 0 Å². The van der Waals surface area contributed by atoms with Gasteiger partial charge in [-0.15, -0.1) is 0 Å². The second-order valence-electron chi connectivity index (χ2n) is 24.9. The average Bonchev–Trinajstić information content (AvgIpc) is 3.44. The van der Waals surface area contributed by atoms with Crippen LogP contribution in [0.5, 0.6) is 0 Å². The third-order valence-corrected chi connectivity index (χ3v) is 17.1. The summed E-state index contributed by atoms with van der Waals surface area (Å²) in [6.45, 7) is 5.00. The van der Waals surface area contributed by atoms with E-state index in [9.17, 15) is 19.8 Å². The molecule has 0 aliphatic carbocycles. The lowest BCUT2D eigenvalue weighted by molar-refractivity contribution is -0.143.